The lowest BCUT2D eigenvalue weighted by Crippen LogP contribution is -2.41. The van der Waals surface area contributed by atoms with Gasteiger partial charge in [-0.15, -0.1) is 0 Å². The summed E-state index contributed by atoms with van der Waals surface area (Å²) >= 11 is 0. The summed E-state index contributed by atoms with van der Waals surface area (Å²) in [5.74, 6) is -0.851. The van der Waals surface area contributed by atoms with Crippen LogP contribution < -0.4 is 5.32 Å². The predicted molar refractivity (Wildman–Crippen MR) is 141 cm³/mol. The van der Waals surface area contributed by atoms with Gasteiger partial charge in [-0.2, -0.15) is 0 Å². The van der Waals surface area contributed by atoms with Gasteiger partial charge in [0.15, 0.2) is 0 Å². The largest absolute Gasteiger partial charge is 0.481 e. The molecule has 2 amide bonds. The zero-order chi connectivity index (χ0) is 26.0. The number of benzene rings is 2. The standard InChI is InChI=1S/C29H35N3O4/c1-5-32-24-8-6-7-19(2)23(24)17-25(32)27(34)30-22-11-9-20(10-12-22)21-13-15-31(16-14-21)26(33)18-29(3,4)28(35)36/h6-12,17,21H,5,13-16,18H2,1-4H3,(H,30,34)(H,35,36). The first-order chi connectivity index (χ1) is 17.1. The summed E-state index contributed by atoms with van der Waals surface area (Å²) in [6.45, 7) is 9.23. The second-order valence-corrected chi connectivity index (χ2v) is 10.4. The first kappa shape index (κ1) is 25.5. The minimum atomic E-state index is -1.06. The number of amides is 2. The van der Waals surface area contributed by atoms with E-state index < -0.39 is 11.4 Å². The van der Waals surface area contributed by atoms with Crippen LogP contribution in [0.3, 0.4) is 0 Å². The van der Waals surface area contributed by atoms with Crippen LogP contribution in [0.5, 0.6) is 0 Å². The number of hydrogen-bond acceptors (Lipinski definition) is 3. The lowest BCUT2D eigenvalue weighted by Gasteiger charge is -2.34. The van der Waals surface area contributed by atoms with Crippen LogP contribution in [-0.2, 0) is 16.1 Å². The molecule has 0 atom stereocenters. The maximum absolute atomic E-state index is 13.1. The molecule has 1 aliphatic rings. The van der Waals surface area contributed by atoms with Crippen LogP contribution in [0.2, 0.25) is 0 Å². The van der Waals surface area contributed by atoms with Crippen molar-refractivity contribution in [2.45, 2.75) is 59.4 Å². The number of piperidine rings is 1. The number of fused-ring (bicyclic) bond motifs is 1. The Balaban J connectivity index is 1.37. The third-order valence-electron chi connectivity index (χ3n) is 7.37. The van der Waals surface area contributed by atoms with Gasteiger partial charge < -0.3 is 19.9 Å². The van der Waals surface area contributed by atoms with Crippen LogP contribution >= 0.6 is 0 Å². The molecular formula is C29H35N3O4. The first-order valence-electron chi connectivity index (χ1n) is 12.6. The van der Waals surface area contributed by atoms with Gasteiger partial charge in [0.1, 0.15) is 5.69 Å². The predicted octanol–water partition coefficient (Wildman–Crippen LogP) is 5.43. The molecule has 0 unspecified atom stereocenters. The van der Waals surface area contributed by atoms with Crippen molar-refractivity contribution in [3.8, 4) is 0 Å². The third kappa shape index (κ3) is 5.15. The number of nitrogens with one attached hydrogen (secondary N) is 1. The van der Waals surface area contributed by atoms with E-state index in [0.717, 1.165) is 35.0 Å². The molecule has 1 fully saturated rings. The summed E-state index contributed by atoms with van der Waals surface area (Å²) < 4.78 is 2.04. The highest BCUT2D eigenvalue weighted by molar-refractivity contribution is 6.06. The average Bonchev–Trinajstić information content (AvgIpc) is 3.24. The lowest BCUT2D eigenvalue weighted by atomic mass is 9.86. The maximum Gasteiger partial charge on any atom is 0.309 e. The summed E-state index contributed by atoms with van der Waals surface area (Å²) in [7, 11) is 0. The van der Waals surface area contributed by atoms with E-state index in [1.807, 2.05) is 54.0 Å². The van der Waals surface area contributed by atoms with Gasteiger partial charge >= 0.3 is 5.97 Å². The Hall–Kier alpha value is -3.61. The summed E-state index contributed by atoms with van der Waals surface area (Å²) in [5.41, 5.74) is 3.74. The van der Waals surface area contributed by atoms with Gasteiger partial charge in [-0.25, -0.2) is 0 Å². The molecule has 4 rings (SSSR count). The Morgan fingerprint density at radius 1 is 1.06 bits per heavy atom. The number of aliphatic carboxylic acids is 1. The highest BCUT2D eigenvalue weighted by Crippen LogP contribution is 2.31. The molecule has 36 heavy (non-hydrogen) atoms. The molecule has 2 aromatic carbocycles. The van der Waals surface area contributed by atoms with Crippen LogP contribution in [0.25, 0.3) is 10.9 Å². The Bertz CT molecular complexity index is 1280. The third-order valence-corrected chi connectivity index (χ3v) is 7.37. The summed E-state index contributed by atoms with van der Waals surface area (Å²) in [6, 6.07) is 16.0. The van der Waals surface area contributed by atoms with E-state index in [4.69, 9.17) is 0 Å². The molecule has 1 aliphatic heterocycles. The number of carbonyl (C=O) groups is 3. The Kier molecular flexibility index (Phi) is 7.20. The van der Waals surface area contributed by atoms with Crippen LogP contribution in [0, 0.1) is 12.3 Å². The van der Waals surface area contributed by atoms with E-state index in [9.17, 15) is 19.5 Å². The van der Waals surface area contributed by atoms with E-state index in [1.54, 1.807) is 18.7 Å². The number of nitrogens with zero attached hydrogens (tertiary/aromatic N) is 2. The Morgan fingerprint density at radius 2 is 1.72 bits per heavy atom. The molecule has 7 heteroatoms. The van der Waals surface area contributed by atoms with Gasteiger partial charge in [0, 0.05) is 42.6 Å². The van der Waals surface area contributed by atoms with Crippen LogP contribution in [0.1, 0.15) is 67.6 Å². The van der Waals surface area contributed by atoms with Gasteiger partial charge in [0.25, 0.3) is 5.91 Å². The van der Waals surface area contributed by atoms with Gasteiger partial charge in [-0.05, 0) is 81.8 Å². The number of likely N-dealkylation sites (tertiary alicyclic amines) is 1. The quantitative estimate of drug-likeness (QED) is 0.463. The van der Waals surface area contributed by atoms with Gasteiger partial charge in [-0.3, -0.25) is 14.4 Å². The molecule has 0 spiro atoms. The molecule has 0 radical (unpaired) electrons. The molecule has 3 aromatic rings. The maximum atomic E-state index is 13.1. The second-order valence-electron chi connectivity index (χ2n) is 10.4. The van der Waals surface area contributed by atoms with Crippen molar-refractivity contribution in [2.24, 2.45) is 5.41 Å². The average molecular weight is 490 g/mol. The SMILES string of the molecule is CCn1c(C(=O)Nc2ccc(C3CCN(C(=O)CC(C)(C)C(=O)O)CC3)cc2)cc2c(C)cccc21. The van der Waals surface area contributed by atoms with Crippen molar-refractivity contribution < 1.29 is 19.5 Å². The Morgan fingerprint density at radius 3 is 2.33 bits per heavy atom. The minimum Gasteiger partial charge on any atom is -0.481 e. The van der Waals surface area contributed by atoms with Crippen molar-refractivity contribution in [1.29, 1.82) is 0 Å². The van der Waals surface area contributed by atoms with E-state index >= 15 is 0 Å². The summed E-state index contributed by atoms with van der Waals surface area (Å²) in [5, 5.41) is 13.4. The van der Waals surface area contributed by atoms with Crippen molar-refractivity contribution in [3.05, 3.63) is 65.4 Å². The monoisotopic (exact) mass is 489 g/mol. The molecule has 190 valence electrons. The topological polar surface area (TPSA) is 91.6 Å². The second kappa shape index (κ2) is 10.2. The number of carboxylic acid groups (broad SMARTS) is 1. The number of aromatic nitrogens is 1. The number of carbonyl (C=O) groups excluding carboxylic acids is 2. The van der Waals surface area contributed by atoms with E-state index in [0.29, 0.717) is 31.2 Å². The summed E-state index contributed by atoms with van der Waals surface area (Å²) in [4.78, 5) is 38.8. The highest BCUT2D eigenvalue weighted by atomic mass is 16.4. The number of anilines is 1. The smallest absolute Gasteiger partial charge is 0.309 e. The first-order valence-corrected chi connectivity index (χ1v) is 12.6. The molecule has 0 saturated carbocycles. The zero-order valence-electron chi connectivity index (χ0n) is 21.5. The van der Waals surface area contributed by atoms with E-state index in [-0.39, 0.29) is 18.2 Å². The Labute approximate surface area is 212 Å². The molecule has 0 bridgehead atoms. The zero-order valence-corrected chi connectivity index (χ0v) is 21.5. The van der Waals surface area contributed by atoms with Crippen molar-refractivity contribution >= 4 is 34.4 Å². The fourth-order valence-electron chi connectivity index (χ4n) is 5.02. The molecule has 2 N–H and O–H groups in total. The van der Waals surface area contributed by atoms with Crippen LogP contribution in [-0.4, -0.2) is 45.4 Å². The molecule has 1 saturated heterocycles. The number of aryl methyl sites for hydroxylation is 2. The molecule has 0 aliphatic carbocycles. The normalized spacial score (nSPS) is 14.7. The van der Waals surface area contributed by atoms with Gasteiger partial charge in [-0.1, -0.05) is 24.3 Å². The molecule has 1 aromatic heterocycles. The van der Waals surface area contributed by atoms with Crippen molar-refractivity contribution in [1.82, 2.24) is 9.47 Å². The summed E-state index contributed by atoms with van der Waals surface area (Å²) in [6.07, 6.45) is 1.68. The number of rotatable bonds is 7. The lowest BCUT2D eigenvalue weighted by molar-refractivity contribution is -0.151. The fourth-order valence-corrected chi connectivity index (χ4v) is 5.02. The minimum absolute atomic E-state index is 0.0118. The van der Waals surface area contributed by atoms with Crippen LogP contribution in [0.4, 0.5) is 5.69 Å². The molecule has 2 heterocycles. The molecular weight excluding hydrogens is 454 g/mol. The van der Waals surface area contributed by atoms with Gasteiger partial charge in [0.2, 0.25) is 5.91 Å². The van der Waals surface area contributed by atoms with E-state index in [1.165, 1.54) is 5.56 Å². The van der Waals surface area contributed by atoms with Crippen molar-refractivity contribution in [3.63, 3.8) is 0 Å². The molecule has 7 nitrogen and oxygen atoms in total. The van der Waals surface area contributed by atoms with Crippen molar-refractivity contribution in [2.75, 3.05) is 18.4 Å². The van der Waals surface area contributed by atoms with Crippen LogP contribution in [0.15, 0.2) is 48.5 Å². The fraction of sp³-hybridized carbons (Fsp3) is 0.414. The van der Waals surface area contributed by atoms with E-state index in [2.05, 4.69) is 18.3 Å². The highest BCUT2D eigenvalue weighted by Gasteiger charge is 2.33. The van der Waals surface area contributed by atoms with Gasteiger partial charge in [0.05, 0.1) is 5.41 Å². The number of hydrogen-bond donors (Lipinski definition) is 2. The number of carboxylic acids is 1.